The van der Waals surface area contributed by atoms with E-state index >= 15 is 0 Å². The van der Waals surface area contributed by atoms with E-state index < -0.39 is 11.7 Å². The van der Waals surface area contributed by atoms with E-state index in [0.717, 1.165) is 38.9 Å². The molecule has 0 aliphatic carbocycles. The Balaban J connectivity index is 1.68. The summed E-state index contributed by atoms with van der Waals surface area (Å²) >= 11 is 12.4. The number of nitrogens with zero attached hydrogens (tertiary/aromatic N) is 2. The van der Waals surface area contributed by atoms with Crippen molar-refractivity contribution in [1.29, 1.82) is 0 Å². The van der Waals surface area contributed by atoms with Crippen molar-refractivity contribution in [3.63, 3.8) is 0 Å². The van der Waals surface area contributed by atoms with Crippen LogP contribution in [0.3, 0.4) is 0 Å². The number of halogens is 2. The Morgan fingerprint density at radius 3 is 2.30 bits per heavy atom. The summed E-state index contributed by atoms with van der Waals surface area (Å²) < 4.78 is 5.29. The summed E-state index contributed by atoms with van der Waals surface area (Å²) in [5.41, 5.74) is 4.83. The van der Waals surface area contributed by atoms with Crippen LogP contribution in [0.2, 0.25) is 10.2 Å². The molecule has 7 heteroatoms. The number of aromatic nitrogens is 2. The lowest BCUT2D eigenvalue weighted by molar-refractivity contribution is 0.0523. The minimum absolute atomic E-state index is 0.367. The van der Waals surface area contributed by atoms with Gasteiger partial charge in [-0.3, -0.25) is 0 Å². The Morgan fingerprint density at radius 1 is 0.970 bits per heavy atom. The van der Waals surface area contributed by atoms with Crippen molar-refractivity contribution in [2.24, 2.45) is 0 Å². The molecular weight excluding hydrogens is 457 g/mol. The highest BCUT2D eigenvalue weighted by Gasteiger charge is 2.16. The summed E-state index contributed by atoms with van der Waals surface area (Å²) in [4.78, 5) is 21.0. The number of ether oxygens (including phenoxy) is 1. The first-order valence-electron chi connectivity index (χ1n) is 10.5. The molecule has 2 aromatic heterocycles. The van der Waals surface area contributed by atoms with Gasteiger partial charge in [-0.2, -0.15) is 0 Å². The fraction of sp³-hybridized carbons (Fsp3) is 0.192. The summed E-state index contributed by atoms with van der Waals surface area (Å²) in [6, 6.07) is 19.4. The van der Waals surface area contributed by atoms with Crippen LogP contribution in [-0.2, 0) is 11.3 Å². The van der Waals surface area contributed by atoms with Gasteiger partial charge in [0.25, 0.3) is 0 Å². The van der Waals surface area contributed by atoms with Gasteiger partial charge in [0.05, 0.1) is 11.2 Å². The average Bonchev–Trinajstić information content (AvgIpc) is 2.77. The fourth-order valence-electron chi connectivity index (χ4n) is 3.40. The van der Waals surface area contributed by atoms with Crippen LogP contribution in [0.1, 0.15) is 26.3 Å². The van der Waals surface area contributed by atoms with Gasteiger partial charge in [-0.25, -0.2) is 14.8 Å². The summed E-state index contributed by atoms with van der Waals surface area (Å²) in [6.45, 7) is 5.87. The van der Waals surface area contributed by atoms with Crippen LogP contribution < -0.4 is 5.32 Å². The second kappa shape index (κ2) is 9.38. The van der Waals surface area contributed by atoms with Crippen LogP contribution in [0.5, 0.6) is 0 Å². The van der Waals surface area contributed by atoms with Crippen LogP contribution in [0.25, 0.3) is 33.3 Å². The van der Waals surface area contributed by atoms with Gasteiger partial charge in [-0.05, 0) is 56.2 Å². The van der Waals surface area contributed by atoms with Crippen LogP contribution in [-0.4, -0.2) is 21.7 Å². The molecular formula is C26H23Cl2N3O2. The molecule has 5 nitrogen and oxygen atoms in total. The molecule has 0 atom stereocenters. The van der Waals surface area contributed by atoms with Crippen LogP contribution in [0, 0.1) is 0 Å². The third-order valence-electron chi connectivity index (χ3n) is 4.91. The van der Waals surface area contributed by atoms with Crippen molar-refractivity contribution in [1.82, 2.24) is 15.3 Å². The van der Waals surface area contributed by atoms with Crippen molar-refractivity contribution >= 4 is 40.2 Å². The van der Waals surface area contributed by atoms with E-state index in [4.69, 9.17) is 32.9 Å². The molecule has 0 radical (unpaired) electrons. The van der Waals surface area contributed by atoms with Crippen molar-refractivity contribution in [2.45, 2.75) is 32.9 Å². The average molecular weight is 480 g/mol. The predicted molar refractivity (Wildman–Crippen MR) is 134 cm³/mol. The molecule has 0 aliphatic rings. The lowest BCUT2D eigenvalue weighted by Gasteiger charge is -2.19. The van der Waals surface area contributed by atoms with Crippen LogP contribution in [0.4, 0.5) is 4.79 Å². The molecule has 0 saturated heterocycles. The van der Waals surface area contributed by atoms with Crippen molar-refractivity contribution in [2.75, 3.05) is 0 Å². The Bertz CT molecular complexity index is 1300. The smallest absolute Gasteiger partial charge is 0.407 e. The molecule has 33 heavy (non-hydrogen) atoms. The van der Waals surface area contributed by atoms with Gasteiger partial charge in [-0.1, -0.05) is 59.6 Å². The molecule has 0 unspecified atom stereocenters. The SMILES string of the molecule is CC(C)(C)OC(=O)NCc1ccc(-c2nc3ccnc(Cl)c3cc2-c2ccc(Cl)cc2)cc1. The molecule has 0 fully saturated rings. The first-order valence-corrected chi connectivity index (χ1v) is 11.2. The number of benzene rings is 2. The number of hydrogen-bond donors (Lipinski definition) is 1. The molecule has 168 valence electrons. The van der Waals surface area contributed by atoms with Gasteiger partial charge in [0.1, 0.15) is 10.8 Å². The lowest BCUT2D eigenvalue weighted by Crippen LogP contribution is -2.32. The summed E-state index contributed by atoms with van der Waals surface area (Å²) in [5, 5.41) is 4.63. The van der Waals surface area contributed by atoms with Gasteiger partial charge in [0, 0.05) is 34.3 Å². The minimum atomic E-state index is -0.536. The highest BCUT2D eigenvalue weighted by Crippen LogP contribution is 2.35. The monoisotopic (exact) mass is 479 g/mol. The Morgan fingerprint density at radius 2 is 1.64 bits per heavy atom. The molecule has 0 aliphatic heterocycles. The molecule has 2 heterocycles. The number of carbonyl (C=O) groups is 1. The number of carbonyl (C=O) groups excluding carboxylic acids is 1. The van der Waals surface area contributed by atoms with E-state index in [-0.39, 0.29) is 0 Å². The maximum Gasteiger partial charge on any atom is 0.407 e. The summed E-state index contributed by atoms with van der Waals surface area (Å²) in [5.74, 6) is 0. The van der Waals surface area contributed by atoms with Crippen LogP contribution >= 0.6 is 23.2 Å². The second-order valence-corrected chi connectivity index (χ2v) is 9.41. The first kappa shape index (κ1) is 23.0. The van der Waals surface area contributed by atoms with Gasteiger partial charge in [0.2, 0.25) is 0 Å². The molecule has 4 rings (SSSR count). The highest BCUT2D eigenvalue weighted by atomic mass is 35.5. The van der Waals surface area contributed by atoms with E-state index in [0.29, 0.717) is 16.7 Å². The van der Waals surface area contributed by atoms with Crippen LogP contribution in [0.15, 0.2) is 66.9 Å². The summed E-state index contributed by atoms with van der Waals surface area (Å²) in [7, 11) is 0. The maximum atomic E-state index is 11.9. The lowest BCUT2D eigenvalue weighted by atomic mass is 9.97. The Kier molecular flexibility index (Phi) is 6.54. The van der Waals surface area contributed by atoms with Crippen molar-refractivity contribution in [3.05, 3.63) is 82.6 Å². The molecule has 1 amide bonds. The maximum absolute atomic E-state index is 11.9. The molecule has 4 aromatic rings. The number of amides is 1. The zero-order valence-electron chi connectivity index (χ0n) is 18.5. The van der Waals surface area contributed by atoms with Gasteiger partial charge in [0.15, 0.2) is 0 Å². The van der Waals surface area contributed by atoms with E-state index in [9.17, 15) is 4.79 Å². The zero-order valence-corrected chi connectivity index (χ0v) is 20.0. The number of nitrogens with one attached hydrogen (secondary N) is 1. The summed E-state index contributed by atoms with van der Waals surface area (Å²) in [6.07, 6.45) is 1.20. The van der Waals surface area contributed by atoms with E-state index in [1.165, 1.54) is 0 Å². The molecule has 0 saturated carbocycles. The van der Waals surface area contributed by atoms with E-state index in [2.05, 4.69) is 10.3 Å². The number of fused-ring (bicyclic) bond motifs is 1. The molecule has 2 aromatic carbocycles. The normalized spacial score (nSPS) is 11.4. The zero-order chi connectivity index (χ0) is 23.6. The highest BCUT2D eigenvalue weighted by molar-refractivity contribution is 6.34. The number of alkyl carbamates (subject to hydrolysis) is 1. The van der Waals surface area contributed by atoms with Gasteiger partial charge in [-0.15, -0.1) is 0 Å². The molecule has 0 bridgehead atoms. The quantitative estimate of drug-likeness (QED) is 0.312. The largest absolute Gasteiger partial charge is 0.444 e. The molecule has 1 N–H and O–H groups in total. The third-order valence-corrected chi connectivity index (χ3v) is 5.47. The third kappa shape index (κ3) is 5.62. The van der Waals surface area contributed by atoms with E-state index in [1.54, 1.807) is 6.20 Å². The number of rotatable bonds is 4. The predicted octanol–water partition coefficient (Wildman–Crippen LogP) is 7.30. The van der Waals surface area contributed by atoms with Crippen molar-refractivity contribution in [3.8, 4) is 22.4 Å². The Labute approximate surface area is 202 Å². The number of hydrogen-bond acceptors (Lipinski definition) is 4. The second-order valence-electron chi connectivity index (χ2n) is 8.61. The topological polar surface area (TPSA) is 64.1 Å². The standard InChI is InChI=1S/C26H23Cl2N3O2/c1-26(2,3)33-25(32)30-15-16-4-6-18(7-5-16)23-20(17-8-10-19(27)11-9-17)14-21-22(31-23)12-13-29-24(21)28/h4-14H,15H2,1-3H3,(H,30,32). The Hall–Kier alpha value is -3.15. The first-order chi connectivity index (χ1) is 15.7. The fourth-order valence-corrected chi connectivity index (χ4v) is 3.73. The van der Waals surface area contributed by atoms with E-state index in [1.807, 2.05) is 81.4 Å². The van der Waals surface area contributed by atoms with Crippen molar-refractivity contribution < 1.29 is 9.53 Å². The minimum Gasteiger partial charge on any atom is -0.444 e. The number of pyridine rings is 2. The van der Waals surface area contributed by atoms with Gasteiger partial charge >= 0.3 is 6.09 Å². The van der Waals surface area contributed by atoms with Gasteiger partial charge < -0.3 is 10.1 Å². The molecule has 0 spiro atoms.